The highest BCUT2D eigenvalue weighted by atomic mass is 32.2. The SMILES string of the molecule is CCCNC(C)C(CC)CCSc1ccccc1. The van der Waals surface area contributed by atoms with Gasteiger partial charge in [0.25, 0.3) is 0 Å². The van der Waals surface area contributed by atoms with E-state index in [1.165, 1.54) is 29.9 Å². The zero-order valence-electron chi connectivity index (χ0n) is 12.0. The largest absolute Gasteiger partial charge is 0.314 e. The zero-order valence-corrected chi connectivity index (χ0v) is 12.8. The Morgan fingerprint density at radius 1 is 1.17 bits per heavy atom. The van der Waals surface area contributed by atoms with E-state index in [9.17, 15) is 0 Å². The molecule has 1 aromatic rings. The van der Waals surface area contributed by atoms with Crippen molar-refractivity contribution in [3.63, 3.8) is 0 Å². The summed E-state index contributed by atoms with van der Waals surface area (Å²) in [4.78, 5) is 1.39. The lowest BCUT2D eigenvalue weighted by Crippen LogP contribution is -2.34. The summed E-state index contributed by atoms with van der Waals surface area (Å²) in [6, 6.07) is 11.4. The third-order valence-electron chi connectivity index (χ3n) is 3.45. The molecule has 0 aliphatic rings. The molecule has 0 aliphatic carbocycles. The van der Waals surface area contributed by atoms with Gasteiger partial charge in [-0.1, -0.05) is 38.5 Å². The van der Waals surface area contributed by atoms with Crippen LogP contribution < -0.4 is 5.32 Å². The highest BCUT2D eigenvalue weighted by molar-refractivity contribution is 7.99. The van der Waals surface area contributed by atoms with Crippen molar-refractivity contribution in [1.82, 2.24) is 5.32 Å². The standard InChI is InChI=1S/C16H27NS/c1-4-12-17-14(3)15(5-2)11-13-18-16-9-7-6-8-10-16/h6-10,14-15,17H,4-5,11-13H2,1-3H3. The van der Waals surface area contributed by atoms with Crippen molar-refractivity contribution in [2.24, 2.45) is 5.92 Å². The second-order valence-electron chi connectivity index (χ2n) is 4.86. The molecule has 1 N–H and O–H groups in total. The van der Waals surface area contributed by atoms with Crippen LogP contribution in [0.25, 0.3) is 0 Å². The molecule has 2 heteroatoms. The van der Waals surface area contributed by atoms with Crippen LogP contribution in [0.15, 0.2) is 35.2 Å². The van der Waals surface area contributed by atoms with Gasteiger partial charge in [0.15, 0.2) is 0 Å². The predicted octanol–water partition coefficient (Wildman–Crippen LogP) is 4.58. The molecule has 0 fully saturated rings. The Balaban J connectivity index is 2.26. The first kappa shape index (κ1) is 15.6. The van der Waals surface area contributed by atoms with E-state index in [1.807, 2.05) is 11.8 Å². The monoisotopic (exact) mass is 265 g/mol. The highest BCUT2D eigenvalue weighted by Crippen LogP contribution is 2.22. The molecule has 0 amide bonds. The van der Waals surface area contributed by atoms with Gasteiger partial charge in [0, 0.05) is 10.9 Å². The van der Waals surface area contributed by atoms with Crippen LogP contribution in [-0.2, 0) is 0 Å². The minimum absolute atomic E-state index is 0.645. The van der Waals surface area contributed by atoms with Gasteiger partial charge >= 0.3 is 0 Å². The molecule has 2 unspecified atom stereocenters. The molecular formula is C16H27NS. The molecule has 0 aliphatic heterocycles. The van der Waals surface area contributed by atoms with Crippen molar-refractivity contribution in [2.75, 3.05) is 12.3 Å². The molecule has 0 spiro atoms. The molecule has 0 saturated carbocycles. The van der Waals surface area contributed by atoms with Crippen LogP contribution in [0.4, 0.5) is 0 Å². The van der Waals surface area contributed by atoms with E-state index in [0.29, 0.717) is 6.04 Å². The molecular weight excluding hydrogens is 238 g/mol. The van der Waals surface area contributed by atoms with Gasteiger partial charge in [0.1, 0.15) is 0 Å². The molecule has 0 radical (unpaired) electrons. The van der Waals surface area contributed by atoms with Crippen molar-refractivity contribution in [3.05, 3.63) is 30.3 Å². The van der Waals surface area contributed by atoms with Gasteiger partial charge in [0.2, 0.25) is 0 Å². The minimum atomic E-state index is 0.645. The van der Waals surface area contributed by atoms with Gasteiger partial charge in [-0.05, 0) is 50.1 Å². The fourth-order valence-corrected chi connectivity index (χ4v) is 3.20. The van der Waals surface area contributed by atoms with Gasteiger partial charge in [-0.15, -0.1) is 11.8 Å². The maximum absolute atomic E-state index is 3.62. The summed E-state index contributed by atoms with van der Waals surface area (Å²) in [6.07, 6.45) is 3.79. The lowest BCUT2D eigenvalue weighted by Gasteiger charge is -2.23. The van der Waals surface area contributed by atoms with E-state index in [1.54, 1.807) is 0 Å². The van der Waals surface area contributed by atoms with Crippen molar-refractivity contribution >= 4 is 11.8 Å². The Morgan fingerprint density at radius 2 is 1.89 bits per heavy atom. The van der Waals surface area contributed by atoms with Gasteiger partial charge in [-0.2, -0.15) is 0 Å². The Kier molecular flexibility index (Phi) is 8.19. The van der Waals surface area contributed by atoms with Gasteiger partial charge in [-0.3, -0.25) is 0 Å². The van der Waals surface area contributed by atoms with E-state index >= 15 is 0 Å². The molecule has 18 heavy (non-hydrogen) atoms. The first-order chi connectivity index (χ1) is 8.77. The second-order valence-corrected chi connectivity index (χ2v) is 6.03. The molecule has 0 saturated heterocycles. The summed E-state index contributed by atoms with van der Waals surface area (Å²) in [5.74, 6) is 2.02. The third-order valence-corrected chi connectivity index (χ3v) is 4.49. The van der Waals surface area contributed by atoms with Gasteiger partial charge in [-0.25, -0.2) is 0 Å². The van der Waals surface area contributed by atoms with Crippen molar-refractivity contribution in [2.45, 2.75) is 51.0 Å². The fourth-order valence-electron chi connectivity index (χ4n) is 2.19. The number of benzene rings is 1. The Morgan fingerprint density at radius 3 is 2.50 bits per heavy atom. The van der Waals surface area contributed by atoms with Gasteiger partial charge in [0.05, 0.1) is 0 Å². The number of rotatable bonds is 9. The van der Waals surface area contributed by atoms with Crippen molar-refractivity contribution in [3.8, 4) is 0 Å². The zero-order chi connectivity index (χ0) is 13.2. The topological polar surface area (TPSA) is 12.0 Å². The molecule has 0 aromatic heterocycles. The highest BCUT2D eigenvalue weighted by Gasteiger charge is 2.14. The minimum Gasteiger partial charge on any atom is -0.314 e. The molecule has 0 heterocycles. The van der Waals surface area contributed by atoms with Crippen LogP contribution in [0.5, 0.6) is 0 Å². The quantitative estimate of drug-likeness (QED) is 0.656. The molecule has 102 valence electrons. The van der Waals surface area contributed by atoms with Crippen molar-refractivity contribution in [1.29, 1.82) is 0 Å². The lowest BCUT2D eigenvalue weighted by atomic mass is 9.95. The van der Waals surface area contributed by atoms with E-state index in [2.05, 4.69) is 56.4 Å². The van der Waals surface area contributed by atoms with E-state index in [-0.39, 0.29) is 0 Å². The molecule has 2 atom stereocenters. The maximum atomic E-state index is 3.62. The Labute approximate surface area is 117 Å². The van der Waals surface area contributed by atoms with E-state index in [0.717, 1.165) is 12.5 Å². The number of thioether (sulfide) groups is 1. The summed E-state index contributed by atoms with van der Waals surface area (Å²) in [5, 5.41) is 3.62. The first-order valence-corrected chi connectivity index (χ1v) is 8.17. The summed E-state index contributed by atoms with van der Waals surface area (Å²) >= 11 is 1.98. The van der Waals surface area contributed by atoms with Crippen LogP contribution >= 0.6 is 11.8 Å². The lowest BCUT2D eigenvalue weighted by molar-refractivity contribution is 0.357. The fraction of sp³-hybridized carbons (Fsp3) is 0.625. The number of hydrogen-bond acceptors (Lipinski definition) is 2. The Hall–Kier alpha value is -0.470. The van der Waals surface area contributed by atoms with E-state index in [4.69, 9.17) is 0 Å². The third kappa shape index (κ3) is 5.92. The van der Waals surface area contributed by atoms with Crippen LogP contribution in [0.1, 0.15) is 40.0 Å². The smallest absolute Gasteiger partial charge is 0.00719 e. The summed E-state index contributed by atoms with van der Waals surface area (Å²) in [5.41, 5.74) is 0. The maximum Gasteiger partial charge on any atom is 0.00719 e. The number of nitrogens with one attached hydrogen (secondary N) is 1. The summed E-state index contributed by atoms with van der Waals surface area (Å²) < 4.78 is 0. The van der Waals surface area contributed by atoms with Crippen LogP contribution in [0.2, 0.25) is 0 Å². The molecule has 1 aromatic carbocycles. The number of hydrogen-bond donors (Lipinski definition) is 1. The first-order valence-electron chi connectivity index (χ1n) is 7.19. The molecule has 1 nitrogen and oxygen atoms in total. The predicted molar refractivity (Wildman–Crippen MR) is 83.3 cm³/mol. The van der Waals surface area contributed by atoms with Crippen LogP contribution in [-0.4, -0.2) is 18.3 Å². The normalized spacial score (nSPS) is 14.4. The van der Waals surface area contributed by atoms with Crippen molar-refractivity contribution < 1.29 is 0 Å². The van der Waals surface area contributed by atoms with Gasteiger partial charge < -0.3 is 5.32 Å². The molecule has 0 bridgehead atoms. The van der Waals surface area contributed by atoms with Crippen LogP contribution in [0.3, 0.4) is 0 Å². The van der Waals surface area contributed by atoms with Crippen LogP contribution in [0, 0.1) is 5.92 Å². The van der Waals surface area contributed by atoms with E-state index < -0.39 is 0 Å². The average molecular weight is 265 g/mol. The Bertz CT molecular complexity index is 299. The average Bonchev–Trinajstić information content (AvgIpc) is 2.42. The second kappa shape index (κ2) is 9.46. The molecule has 1 rings (SSSR count). The summed E-state index contributed by atoms with van der Waals surface area (Å²) in [6.45, 7) is 8.01. The summed E-state index contributed by atoms with van der Waals surface area (Å²) in [7, 11) is 0.